The van der Waals surface area contributed by atoms with E-state index in [0.717, 1.165) is 22.5 Å². The van der Waals surface area contributed by atoms with Crippen molar-refractivity contribution in [2.75, 3.05) is 4.72 Å². The van der Waals surface area contributed by atoms with Crippen molar-refractivity contribution in [3.05, 3.63) is 77.1 Å². The molecular formula is C22H25N5O3S. The lowest BCUT2D eigenvalue weighted by Gasteiger charge is -2.09. The largest absolute Gasteiger partial charge is 0.280 e. The van der Waals surface area contributed by atoms with E-state index >= 15 is 0 Å². The number of aryl methyl sites for hydroxylation is 3. The van der Waals surface area contributed by atoms with Gasteiger partial charge in [0.05, 0.1) is 16.3 Å². The fourth-order valence-corrected chi connectivity index (χ4v) is 3.99. The molecule has 0 bridgehead atoms. The minimum absolute atomic E-state index is 0.0795. The van der Waals surface area contributed by atoms with E-state index in [4.69, 9.17) is 0 Å². The molecule has 0 aliphatic heterocycles. The van der Waals surface area contributed by atoms with Gasteiger partial charge in [-0.25, -0.2) is 13.8 Å². The molecule has 8 nitrogen and oxygen atoms in total. The molecule has 0 atom stereocenters. The normalized spacial score (nSPS) is 11.9. The highest BCUT2D eigenvalue weighted by molar-refractivity contribution is 7.92. The van der Waals surface area contributed by atoms with E-state index in [9.17, 15) is 13.2 Å². The first kappa shape index (κ1) is 22.2. The van der Waals surface area contributed by atoms with Gasteiger partial charge in [-0.15, -0.1) is 0 Å². The number of nitrogens with one attached hydrogen (secondary N) is 2. The highest BCUT2D eigenvalue weighted by atomic mass is 32.2. The summed E-state index contributed by atoms with van der Waals surface area (Å²) in [5.74, 6) is -0.284. The van der Waals surface area contributed by atoms with E-state index in [-0.39, 0.29) is 17.3 Å². The molecule has 1 aromatic heterocycles. The maximum Gasteiger partial charge on any atom is 0.261 e. The monoisotopic (exact) mass is 439 g/mol. The average Bonchev–Trinajstić information content (AvgIpc) is 3.03. The summed E-state index contributed by atoms with van der Waals surface area (Å²) in [5.41, 5.74) is 7.04. The molecule has 1 heterocycles. The Morgan fingerprint density at radius 2 is 1.68 bits per heavy atom. The summed E-state index contributed by atoms with van der Waals surface area (Å²) >= 11 is 0. The van der Waals surface area contributed by atoms with Crippen molar-refractivity contribution in [2.24, 2.45) is 5.10 Å². The van der Waals surface area contributed by atoms with E-state index in [1.165, 1.54) is 0 Å². The Morgan fingerprint density at radius 3 is 2.26 bits per heavy atom. The van der Waals surface area contributed by atoms with Gasteiger partial charge in [0.1, 0.15) is 6.54 Å². The first-order valence-electron chi connectivity index (χ1n) is 9.68. The first-order valence-corrected chi connectivity index (χ1v) is 11.2. The maximum atomic E-state index is 12.5. The molecule has 0 aliphatic rings. The highest BCUT2D eigenvalue weighted by Crippen LogP contribution is 2.17. The molecule has 162 valence electrons. The molecule has 0 saturated carbocycles. The van der Waals surface area contributed by atoms with Gasteiger partial charge in [-0.3, -0.25) is 14.2 Å². The third kappa shape index (κ3) is 5.79. The molecule has 0 spiro atoms. The molecule has 31 heavy (non-hydrogen) atoms. The summed E-state index contributed by atoms with van der Waals surface area (Å²) in [7, 11) is -3.66. The van der Waals surface area contributed by atoms with Crippen LogP contribution in [0.2, 0.25) is 0 Å². The van der Waals surface area contributed by atoms with Crippen molar-refractivity contribution in [2.45, 2.75) is 39.1 Å². The predicted molar refractivity (Wildman–Crippen MR) is 120 cm³/mol. The van der Waals surface area contributed by atoms with Crippen molar-refractivity contribution in [1.29, 1.82) is 0 Å². The Kier molecular flexibility index (Phi) is 6.55. The van der Waals surface area contributed by atoms with Crippen LogP contribution in [0.5, 0.6) is 0 Å². The molecule has 3 aromatic rings. The molecule has 0 saturated heterocycles. The summed E-state index contributed by atoms with van der Waals surface area (Å²) in [6.07, 6.45) is 0. The number of carbonyl (C=O) groups excluding carboxylic acids is 1. The number of carbonyl (C=O) groups is 1. The van der Waals surface area contributed by atoms with E-state index in [1.54, 1.807) is 60.1 Å². The number of nitrogens with zero attached hydrogens (tertiary/aromatic N) is 3. The highest BCUT2D eigenvalue weighted by Gasteiger charge is 2.14. The molecule has 3 rings (SSSR count). The Labute approximate surface area is 182 Å². The third-order valence-corrected chi connectivity index (χ3v) is 6.03. The van der Waals surface area contributed by atoms with Gasteiger partial charge in [0, 0.05) is 11.4 Å². The van der Waals surface area contributed by atoms with Crippen LogP contribution in [0, 0.1) is 20.8 Å². The second-order valence-electron chi connectivity index (χ2n) is 7.31. The van der Waals surface area contributed by atoms with Gasteiger partial charge in [0.15, 0.2) is 0 Å². The molecule has 0 aliphatic carbocycles. The standard InChI is InChI=1S/C22H25N5O3S/c1-15-5-11-21(12-6-15)31(29,30)26-20-9-7-19(8-10-20)18(4)23-24-22(28)14-27-17(3)13-16(2)25-27/h5-13,26H,14H2,1-4H3,(H,24,28)/b23-18+. The van der Waals surface area contributed by atoms with Crippen molar-refractivity contribution >= 4 is 27.3 Å². The molecule has 2 aromatic carbocycles. The van der Waals surface area contributed by atoms with Crippen LogP contribution in [0.3, 0.4) is 0 Å². The molecule has 0 radical (unpaired) electrons. The molecule has 1 amide bonds. The van der Waals surface area contributed by atoms with Crippen LogP contribution in [0.4, 0.5) is 5.69 Å². The molecule has 2 N–H and O–H groups in total. The van der Waals surface area contributed by atoms with E-state index in [1.807, 2.05) is 26.8 Å². The van der Waals surface area contributed by atoms with Crippen molar-refractivity contribution < 1.29 is 13.2 Å². The number of anilines is 1. The molecule has 0 fully saturated rings. The zero-order valence-corrected chi connectivity index (χ0v) is 18.7. The van der Waals surface area contributed by atoms with Crippen LogP contribution in [-0.4, -0.2) is 29.8 Å². The van der Waals surface area contributed by atoms with Gasteiger partial charge in [-0.1, -0.05) is 29.8 Å². The molecule has 9 heteroatoms. The van der Waals surface area contributed by atoms with E-state index in [0.29, 0.717) is 11.4 Å². The topological polar surface area (TPSA) is 105 Å². The number of hydrogen-bond donors (Lipinski definition) is 2. The van der Waals surface area contributed by atoms with Gasteiger partial charge in [0.25, 0.3) is 15.9 Å². The lowest BCUT2D eigenvalue weighted by Crippen LogP contribution is -2.25. The number of sulfonamides is 1. The van der Waals surface area contributed by atoms with Gasteiger partial charge in [-0.2, -0.15) is 10.2 Å². The SMILES string of the molecule is C/C(=N\NC(=O)Cn1nc(C)cc1C)c1ccc(NS(=O)(=O)c2ccc(C)cc2)cc1. The van der Waals surface area contributed by atoms with Gasteiger partial charge in [0.2, 0.25) is 0 Å². The predicted octanol–water partition coefficient (Wildman–Crippen LogP) is 3.15. The van der Waals surface area contributed by atoms with Crippen LogP contribution in [-0.2, 0) is 21.4 Å². The fourth-order valence-electron chi connectivity index (χ4n) is 2.93. The van der Waals surface area contributed by atoms with E-state index < -0.39 is 10.0 Å². The van der Waals surface area contributed by atoms with Crippen LogP contribution in [0.1, 0.15) is 29.4 Å². The molecular weight excluding hydrogens is 414 g/mol. The van der Waals surface area contributed by atoms with Crippen molar-refractivity contribution in [3.8, 4) is 0 Å². The number of amides is 1. The van der Waals surface area contributed by atoms with E-state index in [2.05, 4.69) is 20.3 Å². The number of benzene rings is 2. The Hall–Kier alpha value is -3.46. The van der Waals surface area contributed by atoms with Crippen molar-refractivity contribution in [3.63, 3.8) is 0 Å². The lowest BCUT2D eigenvalue weighted by molar-refractivity contribution is -0.121. The van der Waals surface area contributed by atoms with Gasteiger partial charge in [-0.05, 0) is 63.6 Å². The summed E-state index contributed by atoms with van der Waals surface area (Å²) in [6.45, 7) is 7.49. The maximum absolute atomic E-state index is 12.5. The van der Waals surface area contributed by atoms with Crippen LogP contribution in [0.15, 0.2) is 64.6 Å². The Bertz CT molecular complexity index is 1210. The number of hydrogen-bond acceptors (Lipinski definition) is 5. The zero-order valence-electron chi connectivity index (χ0n) is 17.9. The lowest BCUT2D eigenvalue weighted by atomic mass is 10.1. The van der Waals surface area contributed by atoms with Crippen molar-refractivity contribution in [1.82, 2.24) is 15.2 Å². The van der Waals surface area contributed by atoms with Crippen LogP contribution >= 0.6 is 0 Å². The zero-order chi connectivity index (χ0) is 22.6. The number of hydrazone groups is 1. The first-order chi connectivity index (χ1) is 14.6. The fraction of sp³-hybridized carbons (Fsp3) is 0.227. The van der Waals surface area contributed by atoms with Crippen LogP contribution < -0.4 is 10.1 Å². The number of rotatable bonds is 7. The minimum Gasteiger partial charge on any atom is -0.280 e. The summed E-state index contributed by atoms with van der Waals surface area (Å²) < 4.78 is 29.2. The number of aromatic nitrogens is 2. The van der Waals surface area contributed by atoms with Gasteiger partial charge >= 0.3 is 0 Å². The average molecular weight is 440 g/mol. The second-order valence-corrected chi connectivity index (χ2v) is 9.00. The second kappa shape index (κ2) is 9.13. The summed E-state index contributed by atoms with van der Waals surface area (Å²) in [4.78, 5) is 12.3. The van der Waals surface area contributed by atoms with Crippen LogP contribution in [0.25, 0.3) is 0 Å². The summed E-state index contributed by atoms with van der Waals surface area (Å²) in [5, 5.41) is 8.38. The Balaban J connectivity index is 1.62. The Morgan fingerprint density at radius 1 is 1.03 bits per heavy atom. The quantitative estimate of drug-likeness (QED) is 0.436. The summed E-state index contributed by atoms with van der Waals surface area (Å²) in [6, 6.07) is 15.3. The third-order valence-electron chi connectivity index (χ3n) is 4.63. The minimum atomic E-state index is -3.66. The van der Waals surface area contributed by atoms with Gasteiger partial charge < -0.3 is 0 Å². The smallest absolute Gasteiger partial charge is 0.261 e. The molecule has 0 unspecified atom stereocenters.